The molecule has 16 heavy (non-hydrogen) atoms. The number of carbonyl (C=O) groups excluding carboxylic acids is 1. The van der Waals surface area contributed by atoms with E-state index in [1.165, 1.54) is 0 Å². The lowest BCUT2D eigenvalue weighted by Gasteiger charge is -2.02. The van der Waals surface area contributed by atoms with Gasteiger partial charge in [0, 0.05) is 5.69 Å². The van der Waals surface area contributed by atoms with Crippen molar-refractivity contribution >= 4 is 17.7 Å². The second-order valence-corrected chi connectivity index (χ2v) is 3.83. The largest absolute Gasteiger partial charge is 0.465 e. The summed E-state index contributed by atoms with van der Waals surface area (Å²) in [5.41, 5.74) is 1.01. The lowest BCUT2D eigenvalue weighted by atomic mass is 10.4. The van der Waals surface area contributed by atoms with Gasteiger partial charge in [-0.1, -0.05) is 11.8 Å². The van der Waals surface area contributed by atoms with Crippen LogP contribution in [0.25, 0.3) is 0 Å². The molecule has 0 bridgehead atoms. The van der Waals surface area contributed by atoms with Crippen LogP contribution in [0.2, 0.25) is 0 Å². The molecule has 0 atom stereocenters. The van der Waals surface area contributed by atoms with Crippen molar-refractivity contribution in [2.45, 2.75) is 19.0 Å². The minimum absolute atomic E-state index is 0.155. The maximum atomic E-state index is 11.1. The molecule has 1 aromatic heterocycles. The smallest absolute Gasteiger partial charge is 0.316 e. The van der Waals surface area contributed by atoms with Gasteiger partial charge in [0.15, 0.2) is 5.16 Å². The predicted octanol–water partition coefficient (Wildman–Crippen LogP) is 1.31. The van der Waals surface area contributed by atoms with Gasteiger partial charge in [-0.2, -0.15) is 5.26 Å². The Kier molecular flexibility index (Phi) is 4.73. The fourth-order valence-electron chi connectivity index (χ4n) is 0.989. The number of carbonyl (C=O) groups is 1. The fourth-order valence-corrected chi connectivity index (χ4v) is 1.69. The summed E-state index contributed by atoms with van der Waals surface area (Å²) < 4.78 is 4.77. The summed E-state index contributed by atoms with van der Waals surface area (Å²) in [5, 5.41) is 9.13. The first-order chi connectivity index (χ1) is 7.65. The maximum absolute atomic E-state index is 11.1. The Hall–Kier alpha value is -1.61. The first-order valence-electron chi connectivity index (χ1n) is 4.70. The number of nitriles is 1. The second kappa shape index (κ2) is 6.08. The fraction of sp³-hybridized carbons (Fsp3) is 0.400. The zero-order valence-corrected chi connectivity index (χ0v) is 9.87. The van der Waals surface area contributed by atoms with E-state index in [1.54, 1.807) is 19.9 Å². The van der Waals surface area contributed by atoms with Crippen LogP contribution in [0.5, 0.6) is 0 Å². The molecule has 84 valence electrons. The first kappa shape index (κ1) is 12.5. The normalized spacial score (nSPS) is 9.56. The third-order valence-corrected chi connectivity index (χ3v) is 2.39. The Bertz CT molecular complexity index is 429. The molecule has 0 saturated carbocycles. The lowest BCUT2D eigenvalue weighted by Crippen LogP contribution is -2.07. The van der Waals surface area contributed by atoms with Crippen LogP contribution in [-0.4, -0.2) is 28.3 Å². The monoisotopic (exact) mass is 237 g/mol. The highest BCUT2D eigenvalue weighted by Crippen LogP contribution is 2.14. The summed E-state index contributed by atoms with van der Waals surface area (Å²) in [4.78, 5) is 19.2. The highest BCUT2D eigenvalue weighted by atomic mass is 32.2. The van der Waals surface area contributed by atoms with Crippen LogP contribution in [0.4, 0.5) is 0 Å². The minimum Gasteiger partial charge on any atom is -0.465 e. The highest BCUT2D eigenvalue weighted by Gasteiger charge is 2.07. The highest BCUT2D eigenvalue weighted by molar-refractivity contribution is 7.99. The second-order valence-electron chi connectivity index (χ2n) is 2.88. The molecule has 5 nitrogen and oxygen atoms in total. The third kappa shape index (κ3) is 3.87. The Morgan fingerprint density at radius 3 is 3.00 bits per heavy atom. The van der Waals surface area contributed by atoms with Crippen molar-refractivity contribution in [3.05, 3.63) is 17.5 Å². The summed E-state index contributed by atoms with van der Waals surface area (Å²) in [7, 11) is 0. The van der Waals surface area contributed by atoms with Crippen molar-refractivity contribution < 1.29 is 9.53 Å². The molecule has 0 fully saturated rings. The van der Waals surface area contributed by atoms with Crippen LogP contribution < -0.4 is 0 Å². The number of esters is 1. The average Bonchev–Trinajstić information content (AvgIpc) is 2.26. The van der Waals surface area contributed by atoms with Crippen molar-refractivity contribution in [1.82, 2.24) is 9.97 Å². The van der Waals surface area contributed by atoms with Crippen LogP contribution in [0.3, 0.4) is 0 Å². The predicted molar refractivity (Wildman–Crippen MR) is 58.8 cm³/mol. The number of aromatic nitrogens is 2. The molecule has 0 unspecified atom stereocenters. The van der Waals surface area contributed by atoms with E-state index in [9.17, 15) is 4.79 Å². The summed E-state index contributed by atoms with van der Waals surface area (Å²) in [6.07, 6.45) is 0. The number of ether oxygens (including phenoxy) is 1. The molecule has 1 heterocycles. The molecule has 1 rings (SSSR count). The molecular formula is C10H11N3O2S. The van der Waals surface area contributed by atoms with Gasteiger partial charge in [-0.3, -0.25) is 4.79 Å². The molecule has 0 radical (unpaired) electrons. The van der Waals surface area contributed by atoms with Gasteiger partial charge in [0.25, 0.3) is 0 Å². The van der Waals surface area contributed by atoms with Gasteiger partial charge in [0.1, 0.15) is 11.8 Å². The van der Waals surface area contributed by atoms with E-state index in [4.69, 9.17) is 10.00 Å². The van der Waals surface area contributed by atoms with E-state index in [-0.39, 0.29) is 11.7 Å². The zero-order valence-electron chi connectivity index (χ0n) is 9.06. The Labute approximate surface area is 97.9 Å². The number of rotatable bonds is 4. The molecule has 0 saturated heterocycles. The SMILES string of the molecule is CCOC(=O)CSc1nc(C)cc(C#N)n1. The van der Waals surface area contributed by atoms with E-state index < -0.39 is 0 Å². The Balaban J connectivity index is 2.64. The maximum Gasteiger partial charge on any atom is 0.316 e. The van der Waals surface area contributed by atoms with Gasteiger partial charge in [-0.05, 0) is 19.9 Å². The van der Waals surface area contributed by atoms with Gasteiger partial charge < -0.3 is 4.74 Å². The van der Waals surface area contributed by atoms with Crippen LogP contribution in [0.1, 0.15) is 18.3 Å². The summed E-state index contributed by atoms with van der Waals surface area (Å²) in [5.74, 6) is -0.154. The summed E-state index contributed by atoms with van der Waals surface area (Å²) in [6, 6.07) is 3.53. The van der Waals surface area contributed by atoms with E-state index in [2.05, 4.69) is 9.97 Å². The number of thioether (sulfide) groups is 1. The van der Waals surface area contributed by atoms with Crippen molar-refractivity contribution in [2.75, 3.05) is 12.4 Å². The van der Waals surface area contributed by atoms with Crippen LogP contribution in [0.15, 0.2) is 11.2 Å². The van der Waals surface area contributed by atoms with Crippen LogP contribution in [-0.2, 0) is 9.53 Å². The van der Waals surface area contributed by atoms with Crippen LogP contribution in [0, 0.1) is 18.3 Å². The lowest BCUT2D eigenvalue weighted by molar-refractivity contribution is -0.139. The van der Waals surface area contributed by atoms with Crippen LogP contribution >= 0.6 is 11.8 Å². The van der Waals surface area contributed by atoms with Crippen molar-refractivity contribution in [3.63, 3.8) is 0 Å². The Morgan fingerprint density at radius 1 is 1.62 bits per heavy atom. The molecule has 0 aliphatic heterocycles. The molecule has 0 aromatic carbocycles. The topological polar surface area (TPSA) is 75.9 Å². The van der Waals surface area contributed by atoms with E-state index >= 15 is 0 Å². The van der Waals surface area contributed by atoms with Gasteiger partial charge >= 0.3 is 5.97 Å². The number of hydrogen-bond acceptors (Lipinski definition) is 6. The molecular weight excluding hydrogens is 226 g/mol. The molecule has 6 heteroatoms. The summed E-state index contributed by atoms with van der Waals surface area (Å²) in [6.45, 7) is 3.88. The van der Waals surface area contributed by atoms with Gasteiger partial charge in [-0.25, -0.2) is 9.97 Å². The van der Waals surface area contributed by atoms with Gasteiger partial charge in [-0.15, -0.1) is 0 Å². The van der Waals surface area contributed by atoms with Crippen molar-refractivity contribution in [1.29, 1.82) is 5.26 Å². The third-order valence-electron chi connectivity index (χ3n) is 1.57. The van der Waals surface area contributed by atoms with Gasteiger partial charge in [0.05, 0.1) is 12.4 Å². The van der Waals surface area contributed by atoms with E-state index in [0.29, 0.717) is 23.2 Å². The number of aryl methyl sites for hydroxylation is 1. The van der Waals surface area contributed by atoms with Crippen molar-refractivity contribution in [3.8, 4) is 6.07 Å². The molecule has 0 N–H and O–H groups in total. The molecule has 0 amide bonds. The first-order valence-corrected chi connectivity index (χ1v) is 5.68. The standard InChI is InChI=1S/C10H11N3O2S/c1-3-15-9(14)6-16-10-12-7(2)4-8(5-11)13-10/h4H,3,6H2,1-2H3. The molecule has 0 spiro atoms. The summed E-state index contributed by atoms with van der Waals surface area (Å²) >= 11 is 1.16. The molecule has 0 aliphatic carbocycles. The van der Waals surface area contributed by atoms with E-state index in [0.717, 1.165) is 11.8 Å². The quantitative estimate of drug-likeness (QED) is 0.446. The van der Waals surface area contributed by atoms with Crippen molar-refractivity contribution in [2.24, 2.45) is 0 Å². The average molecular weight is 237 g/mol. The molecule has 1 aromatic rings. The van der Waals surface area contributed by atoms with Gasteiger partial charge in [0.2, 0.25) is 0 Å². The number of hydrogen-bond donors (Lipinski definition) is 0. The minimum atomic E-state index is -0.309. The zero-order chi connectivity index (χ0) is 12.0. The number of nitrogens with zero attached hydrogens (tertiary/aromatic N) is 3. The Morgan fingerprint density at radius 2 is 2.38 bits per heavy atom. The van der Waals surface area contributed by atoms with E-state index in [1.807, 2.05) is 6.07 Å². The molecule has 0 aliphatic rings.